The van der Waals surface area contributed by atoms with Gasteiger partial charge in [0, 0.05) is 12.1 Å². The van der Waals surface area contributed by atoms with Gasteiger partial charge in [-0.1, -0.05) is 0 Å². The first-order chi connectivity index (χ1) is 10.4. The quantitative estimate of drug-likeness (QED) is 0.591. The van der Waals surface area contributed by atoms with Gasteiger partial charge in [-0.25, -0.2) is 4.79 Å². The summed E-state index contributed by atoms with van der Waals surface area (Å²) in [4.78, 5) is 37.4. The van der Waals surface area contributed by atoms with Crippen LogP contribution in [0.25, 0.3) is 0 Å². The zero-order chi connectivity index (χ0) is 15.6. The number of rotatable bonds is 3. The van der Waals surface area contributed by atoms with Crippen LogP contribution >= 0.6 is 11.8 Å². The van der Waals surface area contributed by atoms with Gasteiger partial charge in [0.25, 0.3) is 0 Å². The molecule has 6 nitrogen and oxygen atoms in total. The molecule has 0 bridgehead atoms. The number of fused-ring (bicyclic) bond motifs is 1. The smallest absolute Gasteiger partial charge is 0.328 e. The van der Waals surface area contributed by atoms with E-state index in [9.17, 15) is 19.5 Å². The zero-order valence-electron chi connectivity index (χ0n) is 12.3. The van der Waals surface area contributed by atoms with Gasteiger partial charge in [-0.15, -0.1) is 11.8 Å². The molecule has 3 atom stereocenters. The minimum absolute atomic E-state index is 0.0579. The van der Waals surface area contributed by atoms with Gasteiger partial charge in [-0.2, -0.15) is 0 Å². The van der Waals surface area contributed by atoms with E-state index in [4.69, 9.17) is 0 Å². The zero-order valence-corrected chi connectivity index (χ0v) is 13.1. The van der Waals surface area contributed by atoms with Crippen LogP contribution in [0.4, 0.5) is 0 Å². The van der Waals surface area contributed by atoms with E-state index in [-0.39, 0.29) is 17.2 Å². The third kappa shape index (κ3) is 1.77. The van der Waals surface area contributed by atoms with Crippen molar-refractivity contribution in [3.63, 3.8) is 0 Å². The summed E-state index contributed by atoms with van der Waals surface area (Å²) >= 11 is 1.55. The number of β-lactam (4-membered cyclic amide) rings is 1. The summed E-state index contributed by atoms with van der Waals surface area (Å²) in [6.07, 6.45) is 3.08. The molecule has 0 spiro atoms. The SMILES string of the molecule is C[C@@]1(C(=C2CCNC2=O)C2CC2)S[C@@H]2CC(=O)N2[C@H]1C(=O)O. The average molecular weight is 322 g/mol. The lowest BCUT2D eigenvalue weighted by Crippen LogP contribution is -2.57. The van der Waals surface area contributed by atoms with Crippen molar-refractivity contribution in [3.8, 4) is 0 Å². The van der Waals surface area contributed by atoms with Gasteiger partial charge in [-0.05, 0) is 37.7 Å². The van der Waals surface area contributed by atoms with E-state index in [2.05, 4.69) is 5.32 Å². The molecular weight excluding hydrogens is 304 g/mol. The molecular formula is C15H18N2O4S. The lowest BCUT2D eigenvalue weighted by atomic mass is 9.83. The number of aliphatic carboxylic acids is 1. The number of carboxylic acid groups (broad SMARTS) is 1. The number of nitrogens with one attached hydrogen (secondary N) is 1. The van der Waals surface area contributed by atoms with Crippen molar-refractivity contribution >= 4 is 29.5 Å². The summed E-state index contributed by atoms with van der Waals surface area (Å²) < 4.78 is -0.694. The van der Waals surface area contributed by atoms with Gasteiger partial charge in [-0.3, -0.25) is 9.59 Å². The van der Waals surface area contributed by atoms with E-state index in [1.165, 1.54) is 4.90 Å². The van der Waals surface area contributed by atoms with E-state index in [0.717, 1.165) is 24.0 Å². The Hall–Kier alpha value is -1.50. The van der Waals surface area contributed by atoms with Crippen LogP contribution in [-0.4, -0.2) is 50.5 Å². The predicted molar refractivity (Wildman–Crippen MR) is 80.0 cm³/mol. The van der Waals surface area contributed by atoms with Crippen molar-refractivity contribution in [1.82, 2.24) is 10.2 Å². The molecule has 3 aliphatic heterocycles. The van der Waals surface area contributed by atoms with Crippen molar-refractivity contribution in [1.29, 1.82) is 0 Å². The van der Waals surface area contributed by atoms with Crippen LogP contribution in [0.2, 0.25) is 0 Å². The first-order valence-electron chi connectivity index (χ1n) is 7.67. The minimum atomic E-state index is -0.970. The van der Waals surface area contributed by atoms with Crippen LogP contribution in [0.5, 0.6) is 0 Å². The molecule has 0 radical (unpaired) electrons. The third-order valence-electron chi connectivity index (χ3n) is 5.14. The molecule has 4 aliphatic rings. The van der Waals surface area contributed by atoms with Crippen molar-refractivity contribution in [2.24, 2.45) is 5.92 Å². The van der Waals surface area contributed by atoms with Gasteiger partial charge in [0.2, 0.25) is 11.8 Å². The molecule has 3 saturated heterocycles. The number of nitrogens with zero attached hydrogens (tertiary/aromatic N) is 1. The van der Waals surface area contributed by atoms with Crippen molar-refractivity contribution in [2.75, 3.05) is 6.54 Å². The third-order valence-corrected chi connectivity index (χ3v) is 6.74. The Labute approximate surface area is 132 Å². The molecule has 1 saturated carbocycles. The molecule has 7 heteroatoms. The first kappa shape index (κ1) is 14.1. The van der Waals surface area contributed by atoms with E-state index in [1.54, 1.807) is 11.8 Å². The standard InChI is InChI=1S/C15H18N2O4S/c1-15(11(7-2-3-7)8-4-5-16-13(8)19)12(14(20)21)17-9(18)6-10(17)22-15/h7,10,12H,2-6H2,1H3,(H,16,19)(H,20,21)/t10-,12+,15+/m1/s1. The van der Waals surface area contributed by atoms with Crippen molar-refractivity contribution in [3.05, 3.63) is 11.1 Å². The Morgan fingerprint density at radius 1 is 1.41 bits per heavy atom. The first-order valence-corrected chi connectivity index (χ1v) is 8.55. The van der Waals surface area contributed by atoms with Crippen LogP contribution < -0.4 is 5.32 Å². The molecule has 4 fully saturated rings. The largest absolute Gasteiger partial charge is 0.480 e. The fourth-order valence-corrected chi connectivity index (χ4v) is 5.99. The molecule has 0 aromatic rings. The number of hydrogen-bond donors (Lipinski definition) is 2. The molecule has 0 aromatic carbocycles. The Bertz CT molecular complexity index is 627. The summed E-state index contributed by atoms with van der Waals surface area (Å²) in [7, 11) is 0. The van der Waals surface area contributed by atoms with Gasteiger partial charge in [0.15, 0.2) is 0 Å². The summed E-state index contributed by atoms with van der Waals surface area (Å²) in [6, 6.07) is -0.861. The number of carboxylic acids is 1. The summed E-state index contributed by atoms with van der Waals surface area (Å²) in [5.41, 5.74) is 1.75. The van der Waals surface area contributed by atoms with Crippen LogP contribution in [0.1, 0.15) is 32.6 Å². The van der Waals surface area contributed by atoms with E-state index < -0.39 is 16.8 Å². The van der Waals surface area contributed by atoms with Gasteiger partial charge >= 0.3 is 5.97 Å². The molecule has 22 heavy (non-hydrogen) atoms. The lowest BCUT2D eigenvalue weighted by molar-refractivity contribution is -0.157. The second kappa shape index (κ2) is 4.50. The molecule has 118 valence electrons. The minimum Gasteiger partial charge on any atom is -0.480 e. The van der Waals surface area contributed by atoms with E-state index in [0.29, 0.717) is 25.3 Å². The van der Waals surface area contributed by atoms with E-state index >= 15 is 0 Å². The molecule has 2 amide bonds. The Morgan fingerprint density at radius 2 is 2.14 bits per heavy atom. The second-order valence-corrected chi connectivity index (χ2v) is 8.23. The van der Waals surface area contributed by atoms with Crippen molar-refractivity contribution in [2.45, 2.75) is 48.8 Å². The fraction of sp³-hybridized carbons (Fsp3) is 0.667. The summed E-state index contributed by atoms with van der Waals surface area (Å²) in [5, 5.41) is 12.5. The molecule has 2 N–H and O–H groups in total. The van der Waals surface area contributed by atoms with Gasteiger partial charge < -0.3 is 15.3 Å². The highest BCUT2D eigenvalue weighted by molar-refractivity contribution is 8.01. The Balaban J connectivity index is 1.82. The maximum atomic E-state index is 12.2. The highest BCUT2D eigenvalue weighted by Gasteiger charge is 2.63. The predicted octanol–water partition coefficient (Wildman–Crippen LogP) is 0.730. The van der Waals surface area contributed by atoms with Crippen LogP contribution in [0.3, 0.4) is 0 Å². The van der Waals surface area contributed by atoms with Crippen LogP contribution in [-0.2, 0) is 14.4 Å². The molecule has 1 aliphatic carbocycles. The van der Waals surface area contributed by atoms with Gasteiger partial charge in [0.05, 0.1) is 16.5 Å². The molecule has 0 unspecified atom stereocenters. The topological polar surface area (TPSA) is 86.7 Å². The molecule has 3 heterocycles. The Kier molecular flexibility index (Phi) is 2.89. The fourth-order valence-electron chi connectivity index (χ4n) is 4.09. The average Bonchev–Trinajstić information content (AvgIpc) is 3.12. The number of thioether (sulfide) groups is 1. The van der Waals surface area contributed by atoms with Crippen LogP contribution in [0.15, 0.2) is 11.1 Å². The van der Waals surface area contributed by atoms with Crippen molar-refractivity contribution < 1.29 is 19.5 Å². The summed E-state index contributed by atoms with van der Waals surface area (Å²) in [5.74, 6) is -0.826. The summed E-state index contributed by atoms with van der Waals surface area (Å²) in [6.45, 7) is 2.53. The number of carbonyl (C=O) groups excluding carboxylic acids is 2. The second-order valence-electron chi connectivity index (χ2n) is 6.60. The number of amides is 2. The normalized spacial score (nSPS) is 39.4. The van der Waals surface area contributed by atoms with Gasteiger partial charge in [0.1, 0.15) is 6.04 Å². The number of hydrogen-bond acceptors (Lipinski definition) is 4. The maximum Gasteiger partial charge on any atom is 0.328 e. The lowest BCUT2D eigenvalue weighted by Gasteiger charge is -2.37. The van der Waals surface area contributed by atoms with Crippen LogP contribution in [0, 0.1) is 5.92 Å². The molecule has 0 aromatic heterocycles. The van der Waals surface area contributed by atoms with E-state index in [1.807, 2.05) is 6.92 Å². The highest BCUT2D eigenvalue weighted by Crippen LogP contribution is 2.59. The molecule has 4 rings (SSSR count). The monoisotopic (exact) mass is 322 g/mol. The highest BCUT2D eigenvalue weighted by atomic mass is 32.2. The maximum absolute atomic E-state index is 12.2. The Morgan fingerprint density at radius 3 is 2.64 bits per heavy atom. The number of carbonyl (C=O) groups is 3.